The van der Waals surface area contributed by atoms with Gasteiger partial charge in [-0.2, -0.15) is 0 Å². The van der Waals surface area contributed by atoms with E-state index in [-0.39, 0.29) is 5.91 Å². The van der Waals surface area contributed by atoms with E-state index in [0.717, 1.165) is 41.8 Å². The number of aryl methyl sites for hydroxylation is 1. The lowest BCUT2D eigenvalue weighted by atomic mass is 10.00. The van der Waals surface area contributed by atoms with Crippen molar-refractivity contribution in [2.75, 3.05) is 22.1 Å². The fraction of sp³-hybridized carbons (Fsp3) is 0.450. The first-order valence-corrected chi connectivity index (χ1v) is 9.32. The van der Waals surface area contributed by atoms with Crippen LogP contribution < -0.4 is 15.5 Å². The number of carbonyl (C=O) groups is 1. The number of aromatic nitrogens is 2. The quantitative estimate of drug-likeness (QED) is 0.841. The van der Waals surface area contributed by atoms with Gasteiger partial charge in [0.25, 0.3) is 0 Å². The number of hydrogen-bond donors (Lipinski definition) is 2. The zero-order chi connectivity index (χ0) is 18.5. The summed E-state index contributed by atoms with van der Waals surface area (Å²) >= 11 is 0. The molecule has 1 aliphatic heterocycles. The fourth-order valence-corrected chi connectivity index (χ4v) is 3.52. The summed E-state index contributed by atoms with van der Waals surface area (Å²) in [7, 11) is 0. The van der Waals surface area contributed by atoms with Gasteiger partial charge in [-0.15, -0.1) is 0 Å². The highest BCUT2D eigenvalue weighted by Crippen LogP contribution is 2.27. The molecule has 1 amide bonds. The van der Waals surface area contributed by atoms with Gasteiger partial charge in [-0.1, -0.05) is 13.0 Å². The van der Waals surface area contributed by atoms with Gasteiger partial charge in [0.1, 0.15) is 17.5 Å². The standard InChI is InChI=1S/C20H27N5O/c1-4-18-10-5-6-11-25(18)20-13-19(21-14(2)22-20)24-17-9-7-8-16(12-17)23-15(3)26/h7-9,12-13,18H,4-6,10-11H2,1-3H3,(H,23,26)(H,21,22,24). The van der Waals surface area contributed by atoms with Crippen molar-refractivity contribution in [2.45, 2.75) is 52.5 Å². The van der Waals surface area contributed by atoms with Gasteiger partial charge in [-0.05, 0) is 50.8 Å². The molecule has 1 atom stereocenters. The van der Waals surface area contributed by atoms with E-state index in [1.54, 1.807) is 0 Å². The molecule has 1 unspecified atom stereocenters. The summed E-state index contributed by atoms with van der Waals surface area (Å²) in [5, 5.41) is 6.14. The van der Waals surface area contributed by atoms with Crippen molar-refractivity contribution in [2.24, 2.45) is 0 Å². The number of piperidine rings is 1. The first kappa shape index (κ1) is 18.2. The zero-order valence-electron chi connectivity index (χ0n) is 15.7. The molecule has 1 saturated heterocycles. The van der Waals surface area contributed by atoms with Crippen LogP contribution in [0.25, 0.3) is 0 Å². The van der Waals surface area contributed by atoms with E-state index in [1.165, 1.54) is 26.2 Å². The third-order valence-corrected chi connectivity index (χ3v) is 4.67. The normalized spacial score (nSPS) is 17.0. The van der Waals surface area contributed by atoms with E-state index >= 15 is 0 Å². The highest BCUT2D eigenvalue weighted by atomic mass is 16.1. The molecule has 1 aromatic carbocycles. The minimum atomic E-state index is -0.0852. The largest absolute Gasteiger partial charge is 0.353 e. The summed E-state index contributed by atoms with van der Waals surface area (Å²) in [6.45, 7) is 6.71. The van der Waals surface area contributed by atoms with Crippen LogP contribution >= 0.6 is 0 Å². The van der Waals surface area contributed by atoms with Crippen molar-refractivity contribution in [3.63, 3.8) is 0 Å². The molecule has 2 aromatic rings. The smallest absolute Gasteiger partial charge is 0.221 e. The molecule has 3 rings (SSSR count). The molecule has 2 heterocycles. The molecule has 2 N–H and O–H groups in total. The second-order valence-corrected chi connectivity index (χ2v) is 6.80. The molecule has 6 heteroatoms. The Morgan fingerprint density at radius 2 is 2.04 bits per heavy atom. The van der Waals surface area contributed by atoms with Crippen molar-refractivity contribution in [1.29, 1.82) is 0 Å². The molecule has 1 aromatic heterocycles. The number of amides is 1. The Bertz CT molecular complexity index is 777. The number of anilines is 4. The molecule has 0 bridgehead atoms. The Kier molecular flexibility index (Phi) is 5.71. The van der Waals surface area contributed by atoms with Gasteiger partial charge in [-0.3, -0.25) is 4.79 Å². The fourth-order valence-electron chi connectivity index (χ4n) is 3.52. The third-order valence-electron chi connectivity index (χ3n) is 4.67. The maximum Gasteiger partial charge on any atom is 0.221 e. The van der Waals surface area contributed by atoms with Gasteiger partial charge in [0, 0.05) is 37.0 Å². The van der Waals surface area contributed by atoms with E-state index in [2.05, 4.69) is 32.4 Å². The lowest BCUT2D eigenvalue weighted by Crippen LogP contribution is -2.39. The van der Waals surface area contributed by atoms with Crippen LogP contribution in [0, 0.1) is 6.92 Å². The molecule has 26 heavy (non-hydrogen) atoms. The van der Waals surface area contributed by atoms with Gasteiger partial charge in [-0.25, -0.2) is 9.97 Å². The summed E-state index contributed by atoms with van der Waals surface area (Å²) in [6.07, 6.45) is 4.85. The molecule has 0 spiro atoms. The molecular formula is C20H27N5O. The van der Waals surface area contributed by atoms with Gasteiger partial charge in [0.15, 0.2) is 0 Å². The summed E-state index contributed by atoms with van der Waals surface area (Å²) in [6, 6.07) is 10.2. The number of carbonyl (C=O) groups excluding carboxylic acids is 1. The van der Waals surface area contributed by atoms with Crippen LogP contribution in [0.15, 0.2) is 30.3 Å². The summed E-state index contributed by atoms with van der Waals surface area (Å²) in [5.74, 6) is 2.43. The Morgan fingerprint density at radius 3 is 2.81 bits per heavy atom. The van der Waals surface area contributed by atoms with Crippen LogP contribution in [-0.2, 0) is 4.79 Å². The third kappa shape index (κ3) is 4.50. The van der Waals surface area contributed by atoms with Crippen molar-refractivity contribution in [1.82, 2.24) is 9.97 Å². The maximum atomic E-state index is 11.2. The van der Waals surface area contributed by atoms with Crippen molar-refractivity contribution < 1.29 is 4.79 Å². The summed E-state index contributed by atoms with van der Waals surface area (Å²) < 4.78 is 0. The highest BCUT2D eigenvalue weighted by Gasteiger charge is 2.22. The number of nitrogens with zero attached hydrogens (tertiary/aromatic N) is 3. The van der Waals surface area contributed by atoms with Crippen molar-refractivity contribution in [3.05, 3.63) is 36.2 Å². The van der Waals surface area contributed by atoms with Gasteiger partial charge >= 0.3 is 0 Å². The summed E-state index contributed by atoms with van der Waals surface area (Å²) in [4.78, 5) is 22.9. The SMILES string of the molecule is CCC1CCCCN1c1cc(Nc2cccc(NC(C)=O)c2)nc(C)n1. The molecule has 1 aliphatic rings. The molecular weight excluding hydrogens is 326 g/mol. The first-order chi connectivity index (χ1) is 12.5. The van der Waals surface area contributed by atoms with Crippen molar-refractivity contribution in [3.8, 4) is 0 Å². The average Bonchev–Trinajstić information content (AvgIpc) is 2.61. The predicted molar refractivity (Wildman–Crippen MR) is 106 cm³/mol. The minimum Gasteiger partial charge on any atom is -0.353 e. The average molecular weight is 353 g/mol. The molecule has 0 saturated carbocycles. The lowest BCUT2D eigenvalue weighted by Gasteiger charge is -2.36. The predicted octanol–water partition coefficient (Wildman–Crippen LogP) is 4.26. The second kappa shape index (κ2) is 8.17. The molecule has 138 valence electrons. The number of rotatable bonds is 5. The van der Waals surface area contributed by atoms with E-state index < -0.39 is 0 Å². The van der Waals surface area contributed by atoms with E-state index in [0.29, 0.717) is 6.04 Å². The second-order valence-electron chi connectivity index (χ2n) is 6.80. The van der Waals surface area contributed by atoms with Gasteiger partial charge in [0.05, 0.1) is 0 Å². The molecule has 6 nitrogen and oxygen atoms in total. The number of hydrogen-bond acceptors (Lipinski definition) is 5. The van der Waals surface area contributed by atoms with Crippen LogP contribution in [0.3, 0.4) is 0 Å². The lowest BCUT2D eigenvalue weighted by molar-refractivity contribution is -0.114. The molecule has 0 aliphatic carbocycles. The van der Waals surface area contributed by atoms with Crippen LogP contribution in [0.4, 0.5) is 23.0 Å². The number of benzene rings is 1. The minimum absolute atomic E-state index is 0.0852. The Balaban J connectivity index is 1.83. The maximum absolute atomic E-state index is 11.2. The van der Waals surface area contributed by atoms with Crippen molar-refractivity contribution >= 4 is 28.9 Å². The number of nitrogens with one attached hydrogen (secondary N) is 2. The van der Waals surface area contributed by atoms with E-state index in [4.69, 9.17) is 0 Å². The van der Waals surface area contributed by atoms with Gasteiger partial charge < -0.3 is 15.5 Å². The van der Waals surface area contributed by atoms with Gasteiger partial charge in [0.2, 0.25) is 5.91 Å². The van der Waals surface area contributed by atoms with Crippen LogP contribution in [0.5, 0.6) is 0 Å². The van der Waals surface area contributed by atoms with Crippen LogP contribution in [0.1, 0.15) is 45.4 Å². The van der Waals surface area contributed by atoms with E-state index in [9.17, 15) is 4.79 Å². The Morgan fingerprint density at radius 1 is 1.23 bits per heavy atom. The Labute approximate surface area is 155 Å². The molecule has 0 radical (unpaired) electrons. The molecule has 1 fully saturated rings. The van der Waals surface area contributed by atoms with Crippen LogP contribution in [-0.4, -0.2) is 28.5 Å². The van der Waals surface area contributed by atoms with Crippen LogP contribution in [0.2, 0.25) is 0 Å². The zero-order valence-corrected chi connectivity index (χ0v) is 15.7. The Hall–Kier alpha value is -2.63. The topological polar surface area (TPSA) is 70.2 Å². The highest BCUT2D eigenvalue weighted by molar-refractivity contribution is 5.89. The monoisotopic (exact) mass is 353 g/mol. The first-order valence-electron chi connectivity index (χ1n) is 9.32. The summed E-state index contributed by atoms with van der Waals surface area (Å²) in [5.41, 5.74) is 1.64. The van der Waals surface area contributed by atoms with E-state index in [1.807, 2.05) is 37.3 Å².